The van der Waals surface area contributed by atoms with E-state index in [1.165, 1.54) is 6.33 Å². The van der Waals surface area contributed by atoms with Crippen LogP contribution >= 0.6 is 15.9 Å². The molecular formula is C9H13BrN4O. The first-order valence-electron chi connectivity index (χ1n) is 4.56. The number of nitrogens with zero attached hydrogens (tertiary/aromatic N) is 2. The van der Waals surface area contributed by atoms with Crippen molar-refractivity contribution in [2.75, 3.05) is 12.4 Å². The average Bonchev–Trinajstić information content (AvgIpc) is 2.17. The monoisotopic (exact) mass is 272 g/mol. The Hall–Kier alpha value is -1.17. The summed E-state index contributed by atoms with van der Waals surface area (Å²) in [6.45, 7) is 1.92. The Labute approximate surface area is 96.8 Å². The van der Waals surface area contributed by atoms with Crippen LogP contribution in [-0.4, -0.2) is 29.0 Å². The summed E-state index contributed by atoms with van der Waals surface area (Å²) in [7, 11) is 1.62. The molecule has 82 valence electrons. The summed E-state index contributed by atoms with van der Waals surface area (Å²) < 4.78 is 0.715. The Morgan fingerprint density at radius 2 is 2.33 bits per heavy atom. The number of carbonyl (C=O) groups excluding carboxylic acids is 1. The quantitative estimate of drug-likeness (QED) is 0.808. The first-order chi connectivity index (χ1) is 7.11. The van der Waals surface area contributed by atoms with Crippen LogP contribution in [0.2, 0.25) is 0 Å². The Morgan fingerprint density at radius 3 is 2.93 bits per heavy atom. The molecule has 1 aromatic heterocycles. The number of aromatic nitrogens is 2. The largest absolute Gasteiger partial charge is 0.367 e. The average molecular weight is 273 g/mol. The van der Waals surface area contributed by atoms with Crippen molar-refractivity contribution in [3.05, 3.63) is 17.0 Å². The maximum atomic E-state index is 11.1. The Kier molecular flexibility index (Phi) is 4.48. The molecule has 0 spiro atoms. The summed E-state index contributed by atoms with van der Waals surface area (Å²) in [6.07, 6.45) is 1.87. The van der Waals surface area contributed by atoms with Crippen molar-refractivity contribution in [2.24, 2.45) is 0 Å². The predicted molar refractivity (Wildman–Crippen MR) is 61.5 cm³/mol. The van der Waals surface area contributed by atoms with E-state index in [1.807, 2.05) is 6.92 Å². The van der Waals surface area contributed by atoms with Gasteiger partial charge in [-0.15, -0.1) is 0 Å². The minimum absolute atomic E-state index is 0.00289. The van der Waals surface area contributed by atoms with Crippen LogP contribution in [0, 0.1) is 0 Å². The number of carbonyl (C=O) groups is 1. The highest BCUT2D eigenvalue weighted by molar-refractivity contribution is 9.10. The molecule has 0 radical (unpaired) electrons. The maximum absolute atomic E-state index is 11.1. The van der Waals surface area contributed by atoms with E-state index in [-0.39, 0.29) is 11.9 Å². The van der Waals surface area contributed by atoms with Crippen molar-refractivity contribution in [1.29, 1.82) is 0 Å². The van der Waals surface area contributed by atoms with Gasteiger partial charge in [0.1, 0.15) is 16.7 Å². The highest BCUT2D eigenvalue weighted by Crippen LogP contribution is 2.11. The lowest BCUT2D eigenvalue weighted by Crippen LogP contribution is -2.27. The minimum atomic E-state index is 0.00289. The maximum Gasteiger partial charge on any atom is 0.221 e. The summed E-state index contributed by atoms with van der Waals surface area (Å²) in [4.78, 5) is 19.0. The number of nitrogens with one attached hydrogen (secondary N) is 2. The van der Waals surface area contributed by atoms with E-state index in [0.717, 1.165) is 0 Å². The fourth-order valence-corrected chi connectivity index (χ4v) is 1.40. The molecule has 1 rings (SSSR count). The molecule has 1 amide bonds. The van der Waals surface area contributed by atoms with E-state index in [9.17, 15) is 4.79 Å². The number of amides is 1. The number of halogens is 1. The van der Waals surface area contributed by atoms with Crippen LogP contribution in [0.4, 0.5) is 5.82 Å². The van der Waals surface area contributed by atoms with E-state index in [1.54, 1.807) is 13.1 Å². The Bertz CT molecular complexity index is 345. The van der Waals surface area contributed by atoms with Crippen LogP contribution < -0.4 is 10.6 Å². The summed E-state index contributed by atoms with van der Waals surface area (Å²) in [5.74, 6) is 0.705. The van der Waals surface area contributed by atoms with E-state index in [4.69, 9.17) is 0 Å². The van der Waals surface area contributed by atoms with E-state index in [0.29, 0.717) is 16.8 Å². The van der Waals surface area contributed by atoms with Crippen LogP contribution in [0.5, 0.6) is 0 Å². The van der Waals surface area contributed by atoms with Crippen molar-refractivity contribution in [1.82, 2.24) is 15.3 Å². The SMILES string of the molecule is CNC(=O)CC(C)Nc1cc(Br)ncn1. The third-order valence-electron chi connectivity index (χ3n) is 1.80. The molecule has 0 aromatic carbocycles. The first kappa shape index (κ1) is 11.9. The van der Waals surface area contributed by atoms with Gasteiger partial charge in [-0.2, -0.15) is 0 Å². The van der Waals surface area contributed by atoms with Gasteiger partial charge in [-0.3, -0.25) is 4.79 Å². The molecule has 0 aliphatic heterocycles. The van der Waals surface area contributed by atoms with Gasteiger partial charge in [-0.05, 0) is 22.9 Å². The molecule has 0 saturated heterocycles. The predicted octanol–water partition coefficient (Wildman–Crippen LogP) is 1.18. The van der Waals surface area contributed by atoms with Gasteiger partial charge < -0.3 is 10.6 Å². The molecule has 1 unspecified atom stereocenters. The van der Waals surface area contributed by atoms with Crippen LogP contribution in [0.3, 0.4) is 0 Å². The highest BCUT2D eigenvalue weighted by Gasteiger charge is 2.07. The second-order valence-corrected chi connectivity index (χ2v) is 3.96. The lowest BCUT2D eigenvalue weighted by Gasteiger charge is -2.13. The van der Waals surface area contributed by atoms with Gasteiger partial charge in [0.05, 0.1) is 0 Å². The topological polar surface area (TPSA) is 66.9 Å². The van der Waals surface area contributed by atoms with Crippen LogP contribution in [0.15, 0.2) is 17.0 Å². The highest BCUT2D eigenvalue weighted by atomic mass is 79.9. The minimum Gasteiger partial charge on any atom is -0.367 e. The van der Waals surface area contributed by atoms with Crippen molar-refractivity contribution >= 4 is 27.7 Å². The van der Waals surface area contributed by atoms with Crippen LogP contribution in [0.1, 0.15) is 13.3 Å². The van der Waals surface area contributed by atoms with Crippen molar-refractivity contribution in [3.63, 3.8) is 0 Å². The van der Waals surface area contributed by atoms with Gasteiger partial charge >= 0.3 is 0 Å². The van der Waals surface area contributed by atoms with Gasteiger partial charge in [-0.1, -0.05) is 0 Å². The zero-order valence-corrected chi connectivity index (χ0v) is 10.2. The molecule has 0 aliphatic carbocycles. The van der Waals surface area contributed by atoms with Crippen LogP contribution in [-0.2, 0) is 4.79 Å². The summed E-state index contributed by atoms with van der Waals surface area (Å²) in [5.41, 5.74) is 0. The third kappa shape index (κ3) is 4.24. The molecule has 2 N–H and O–H groups in total. The number of hydrogen-bond donors (Lipinski definition) is 2. The normalized spacial score (nSPS) is 11.9. The molecule has 0 saturated carbocycles. The first-order valence-corrected chi connectivity index (χ1v) is 5.35. The summed E-state index contributed by atoms with van der Waals surface area (Å²) in [5, 5.41) is 5.68. The molecule has 0 fully saturated rings. The van der Waals surface area contributed by atoms with Gasteiger partial charge in [0.25, 0.3) is 0 Å². The lowest BCUT2D eigenvalue weighted by molar-refractivity contribution is -0.120. The van der Waals surface area contributed by atoms with Gasteiger partial charge in [0.15, 0.2) is 0 Å². The molecule has 15 heavy (non-hydrogen) atoms. The van der Waals surface area contributed by atoms with Crippen molar-refractivity contribution < 1.29 is 4.79 Å². The van der Waals surface area contributed by atoms with E-state index in [2.05, 4.69) is 36.5 Å². The van der Waals surface area contributed by atoms with Crippen molar-refractivity contribution in [3.8, 4) is 0 Å². The van der Waals surface area contributed by atoms with E-state index < -0.39 is 0 Å². The zero-order valence-electron chi connectivity index (χ0n) is 8.62. The molecular weight excluding hydrogens is 260 g/mol. The molecule has 0 aliphatic rings. The lowest BCUT2D eigenvalue weighted by atomic mass is 10.2. The molecule has 1 aromatic rings. The van der Waals surface area contributed by atoms with Gasteiger partial charge in [0.2, 0.25) is 5.91 Å². The summed E-state index contributed by atoms with van der Waals surface area (Å²) >= 11 is 3.25. The standard InChI is InChI=1S/C9H13BrN4O/c1-6(3-9(15)11-2)14-8-4-7(10)12-5-13-8/h4-6H,3H2,1-2H3,(H,11,15)(H,12,13,14). The molecule has 1 heterocycles. The molecule has 0 bridgehead atoms. The van der Waals surface area contributed by atoms with E-state index >= 15 is 0 Å². The van der Waals surface area contributed by atoms with Crippen LogP contribution in [0.25, 0.3) is 0 Å². The summed E-state index contributed by atoms with van der Waals surface area (Å²) in [6, 6.07) is 1.80. The second kappa shape index (κ2) is 5.65. The van der Waals surface area contributed by atoms with Gasteiger partial charge in [0, 0.05) is 25.6 Å². The Balaban J connectivity index is 2.51. The second-order valence-electron chi connectivity index (χ2n) is 3.15. The van der Waals surface area contributed by atoms with Gasteiger partial charge in [-0.25, -0.2) is 9.97 Å². The zero-order chi connectivity index (χ0) is 11.3. The van der Waals surface area contributed by atoms with Crippen molar-refractivity contribution in [2.45, 2.75) is 19.4 Å². The number of rotatable bonds is 4. The number of hydrogen-bond acceptors (Lipinski definition) is 4. The Morgan fingerprint density at radius 1 is 1.60 bits per heavy atom. The smallest absolute Gasteiger partial charge is 0.221 e. The molecule has 6 heteroatoms. The molecule has 1 atom stereocenters. The number of anilines is 1. The molecule has 5 nitrogen and oxygen atoms in total. The fourth-order valence-electron chi connectivity index (χ4n) is 1.10. The third-order valence-corrected chi connectivity index (χ3v) is 2.23. The fraction of sp³-hybridized carbons (Fsp3) is 0.444.